The summed E-state index contributed by atoms with van der Waals surface area (Å²) in [5.41, 5.74) is 3.31. The van der Waals surface area contributed by atoms with E-state index in [1.165, 1.54) is 0 Å². The van der Waals surface area contributed by atoms with E-state index in [1.807, 2.05) is 25.4 Å². The summed E-state index contributed by atoms with van der Waals surface area (Å²) in [5.74, 6) is 0.544. The lowest BCUT2D eigenvalue weighted by Gasteiger charge is -2.20. The molecule has 4 rings (SSSR count). The van der Waals surface area contributed by atoms with Crippen LogP contribution >= 0.6 is 11.3 Å². The second kappa shape index (κ2) is 9.97. The Morgan fingerprint density at radius 1 is 1.14 bits per heavy atom. The maximum atomic E-state index is 12.3. The van der Waals surface area contributed by atoms with Gasteiger partial charge in [0, 0.05) is 45.2 Å². The molecule has 0 aliphatic rings. The number of nitrogens with one attached hydrogen (secondary N) is 1. The van der Waals surface area contributed by atoms with Gasteiger partial charge in [-0.25, -0.2) is 17.7 Å². The van der Waals surface area contributed by atoms with Gasteiger partial charge in [-0.1, -0.05) is 31.0 Å². The smallest absolute Gasteiger partial charge is 0.236 e. The molecule has 0 fully saturated rings. The van der Waals surface area contributed by atoms with Crippen LogP contribution in [-0.4, -0.2) is 66.0 Å². The number of hydrogen-bond acceptors (Lipinski definition) is 10. The van der Waals surface area contributed by atoms with Gasteiger partial charge in [-0.2, -0.15) is 5.10 Å². The predicted molar refractivity (Wildman–Crippen MR) is 141 cm³/mol. The SMILES string of the molecule is Cn1cc(-c2cnc3ccc(Nc4nnc(N(COCC[Si](C)(C)C)S(C)(=O)=O)s4)nc3c2)cn1. The molecule has 0 aromatic carbocycles. The van der Waals surface area contributed by atoms with Crippen LogP contribution in [-0.2, 0) is 21.8 Å². The highest BCUT2D eigenvalue weighted by molar-refractivity contribution is 7.92. The Hall–Kier alpha value is -2.94. The lowest BCUT2D eigenvalue weighted by molar-refractivity contribution is 0.156. The highest BCUT2D eigenvalue weighted by Gasteiger charge is 2.23. The predicted octanol–water partition coefficient (Wildman–Crippen LogP) is 3.70. The van der Waals surface area contributed by atoms with E-state index in [2.05, 4.69) is 50.2 Å². The summed E-state index contributed by atoms with van der Waals surface area (Å²) in [7, 11) is -3.00. The number of rotatable bonds is 10. The Morgan fingerprint density at radius 3 is 2.63 bits per heavy atom. The maximum Gasteiger partial charge on any atom is 0.236 e. The largest absolute Gasteiger partial charge is 0.360 e. The van der Waals surface area contributed by atoms with Crippen molar-refractivity contribution in [1.29, 1.82) is 0 Å². The third-order valence-corrected chi connectivity index (χ3v) is 8.80. The van der Waals surface area contributed by atoms with Crippen molar-refractivity contribution in [1.82, 2.24) is 29.9 Å². The first kappa shape index (κ1) is 25.2. The molecule has 0 saturated heterocycles. The van der Waals surface area contributed by atoms with Gasteiger partial charge in [-0.05, 0) is 24.2 Å². The number of sulfonamides is 1. The van der Waals surface area contributed by atoms with Crippen LogP contribution in [0.3, 0.4) is 0 Å². The molecular weight excluding hydrogens is 505 g/mol. The molecule has 186 valence electrons. The molecule has 4 aromatic heterocycles. The van der Waals surface area contributed by atoms with Gasteiger partial charge in [0.25, 0.3) is 0 Å². The summed E-state index contributed by atoms with van der Waals surface area (Å²) in [6, 6.07) is 6.53. The molecule has 0 bridgehead atoms. The molecule has 4 heterocycles. The summed E-state index contributed by atoms with van der Waals surface area (Å²) in [6.45, 7) is 7.12. The van der Waals surface area contributed by atoms with Crippen molar-refractivity contribution in [3.05, 3.63) is 36.8 Å². The van der Waals surface area contributed by atoms with E-state index < -0.39 is 18.1 Å². The fraction of sp³-hybridized carbons (Fsp3) is 0.381. The van der Waals surface area contributed by atoms with Gasteiger partial charge in [-0.3, -0.25) is 9.67 Å². The van der Waals surface area contributed by atoms with Gasteiger partial charge in [0.05, 0.1) is 23.5 Å². The van der Waals surface area contributed by atoms with Crippen LogP contribution in [0.4, 0.5) is 16.1 Å². The molecule has 0 atom stereocenters. The van der Waals surface area contributed by atoms with Crippen molar-refractivity contribution < 1.29 is 13.2 Å². The number of fused-ring (bicyclic) bond motifs is 1. The first-order valence-corrected chi connectivity index (χ1v) is 17.3. The third-order valence-electron chi connectivity index (χ3n) is 5.04. The van der Waals surface area contributed by atoms with Crippen molar-refractivity contribution in [2.45, 2.75) is 25.7 Å². The molecule has 0 saturated carbocycles. The quantitative estimate of drug-likeness (QED) is 0.185. The number of hydrogen-bond donors (Lipinski definition) is 1. The maximum absolute atomic E-state index is 12.3. The minimum Gasteiger partial charge on any atom is -0.360 e. The summed E-state index contributed by atoms with van der Waals surface area (Å²) >= 11 is 1.11. The van der Waals surface area contributed by atoms with Gasteiger partial charge in [0.15, 0.2) is 0 Å². The molecule has 4 aromatic rings. The van der Waals surface area contributed by atoms with E-state index in [4.69, 9.17) is 4.74 Å². The first-order chi connectivity index (χ1) is 16.5. The normalized spacial score (nSPS) is 12.3. The van der Waals surface area contributed by atoms with E-state index in [1.54, 1.807) is 23.1 Å². The second-order valence-corrected chi connectivity index (χ2v) is 17.8. The van der Waals surface area contributed by atoms with Crippen LogP contribution in [0, 0.1) is 0 Å². The van der Waals surface area contributed by atoms with Crippen LogP contribution in [0.25, 0.3) is 22.2 Å². The monoisotopic (exact) mass is 532 g/mol. The van der Waals surface area contributed by atoms with Gasteiger partial charge in [-0.15, -0.1) is 10.2 Å². The molecule has 35 heavy (non-hydrogen) atoms. The second-order valence-electron chi connectivity index (χ2n) is 9.34. The zero-order chi connectivity index (χ0) is 25.2. The van der Waals surface area contributed by atoms with Crippen molar-refractivity contribution in [2.24, 2.45) is 7.05 Å². The minimum absolute atomic E-state index is 0.102. The first-order valence-electron chi connectivity index (χ1n) is 10.9. The van der Waals surface area contributed by atoms with E-state index in [-0.39, 0.29) is 11.9 Å². The Balaban J connectivity index is 1.50. The molecule has 11 nitrogen and oxygen atoms in total. The van der Waals surface area contributed by atoms with Crippen LogP contribution in [0.1, 0.15) is 0 Å². The van der Waals surface area contributed by atoms with E-state index in [9.17, 15) is 8.42 Å². The Labute approximate surface area is 209 Å². The highest BCUT2D eigenvalue weighted by Crippen LogP contribution is 2.29. The Bertz CT molecular complexity index is 1430. The number of aromatic nitrogens is 6. The van der Waals surface area contributed by atoms with E-state index in [0.29, 0.717) is 23.1 Å². The molecule has 0 radical (unpaired) electrons. The molecule has 0 unspecified atom stereocenters. The average Bonchev–Trinajstić information content (AvgIpc) is 3.40. The fourth-order valence-corrected chi connectivity index (χ4v) is 5.61. The van der Waals surface area contributed by atoms with Crippen LogP contribution < -0.4 is 9.62 Å². The molecule has 1 N–H and O–H groups in total. The zero-order valence-corrected chi connectivity index (χ0v) is 22.9. The number of ether oxygens (including phenoxy) is 1. The number of anilines is 3. The zero-order valence-electron chi connectivity index (χ0n) is 20.3. The number of pyridine rings is 2. The van der Waals surface area contributed by atoms with Crippen molar-refractivity contribution in [2.75, 3.05) is 29.2 Å². The fourth-order valence-electron chi connectivity index (χ4n) is 3.10. The van der Waals surface area contributed by atoms with E-state index >= 15 is 0 Å². The minimum atomic E-state index is -3.58. The van der Waals surface area contributed by atoms with Gasteiger partial charge >= 0.3 is 0 Å². The summed E-state index contributed by atoms with van der Waals surface area (Å²) < 4.78 is 33.2. The molecule has 0 spiro atoms. The lowest BCUT2D eigenvalue weighted by atomic mass is 10.1. The number of nitrogens with zero attached hydrogens (tertiary/aromatic N) is 7. The van der Waals surface area contributed by atoms with E-state index in [0.717, 1.165) is 44.6 Å². The lowest BCUT2D eigenvalue weighted by Crippen LogP contribution is -2.33. The van der Waals surface area contributed by atoms with Crippen molar-refractivity contribution in [3.8, 4) is 11.1 Å². The molecular formula is C21H28N8O3S2Si. The van der Waals surface area contributed by atoms with Gasteiger partial charge in [0.1, 0.15) is 12.5 Å². The van der Waals surface area contributed by atoms with Gasteiger partial charge in [0.2, 0.25) is 20.3 Å². The van der Waals surface area contributed by atoms with Crippen LogP contribution in [0.5, 0.6) is 0 Å². The average molecular weight is 533 g/mol. The summed E-state index contributed by atoms with van der Waals surface area (Å²) in [4.78, 5) is 9.12. The number of aryl methyl sites for hydroxylation is 1. The standard InChI is InChI=1S/C21H28N8O3S2Si/c1-28-13-16(12-23-28)15-10-18-17(22-11-15)6-7-19(24-18)25-20-26-27-21(33-20)29(34(2,30)31)14-32-8-9-35(3,4)5/h6-7,10-13H,8-9,14H2,1-5H3,(H,24,25,26). The molecule has 0 aliphatic heterocycles. The third kappa shape index (κ3) is 6.59. The Morgan fingerprint density at radius 2 is 1.94 bits per heavy atom. The topological polar surface area (TPSA) is 128 Å². The molecule has 0 aliphatic carbocycles. The Kier molecular flexibility index (Phi) is 7.16. The van der Waals surface area contributed by atoms with Crippen molar-refractivity contribution >= 4 is 56.5 Å². The van der Waals surface area contributed by atoms with Crippen LogP contribution in [0.15, 0.2) is 36.8 Å². The van der Waals surface area contributed by atoms with Gasteiger partial charge < -0.3 is 10.1 Å². The highest BCUT2D eigenvalue weighted by atomic mass is 32.2. The molecule has 14 heteroatoms. The van der Waals surface area contributed by atoms with Crippen LogP contribution in [0.2, 0.25) is 25.7 Å². The summed E-state index contributed by atoms with van der Waals surface area (Å²) in [5, 5.41) is 16.1. The summed E-state index contributed by atoms with van der Waals surface area (Å²) in [6.07, 6.45) is 6.60. The van der Waals surface area contributed by atoms with Crippen molar-refractivity contribution in [3.63, 3.8) is 0 Å². The molecule has 0 amide bonds.